The molecule has 0 saturated heterocycles. The molecule has 0 aromatic heterocycles. The van der Waals surface area contributed by atoms with Crippen LogP contribution in [0, 0.1) is 10.1 Å². The minimum atomic E-state index is -0.912. The SMILES string of the molecule is COC(=O)c1cc(OCCN2C(=O)c3ccccc3C2=O)c(OC)cc1[N+](=O)[O-]. The zero-order chi connectivity index (χ0) is 21.1. The summed E-state index contributed by atoms with van der Waals surface area (Å²) in [6.07, 6.45) is 0. The average Bonchev–Trinajstić information content (AvgIpc) is 2.97. The summed E-state index contributed by atoms with van der Waals surface area (Å²) < 4.78 is 15.2. The lowest BCUT2D eigenvalue weighted by Gasteiger charge is -2.16. The van der Waals surface area contributed by atoms with Gasteiger partial charge in [0.05, 0.1) is 42.9 Å². The Kier molecular flexibility index (Phi) is 5.44. The number of benzene rings is 2. The van der Waals surface area contributed by atoms with E-state index in [1.165, 1.54) is 7.11 Å². The molecule has 0 atom stereocenters. The van der Waals surface area contributed by atoms with E-state index >= 15 is 0 Å². The Morgan fingerprint density at radius 2 is 1.69 bits per heavy atom. The number of imide groups is 1. The highest BCUT2D eigenvalue weighted by molar-refractivity contribution is 6.21. The molecule has 29 heavy (non-hydrogen) atoms. The molecule has 2 aromatic rings. The molecule has 0 saturated carbocycles. The monoisotopic (exact) mass is 400 g/mol. The van der Waals surface area contributed by atoms with Gasteiger partial charge < -0.3 is 14.2 Å². The van der Waals surface area contributed by atoms with Crippen molar-refractivity contribution >= 4 is 23.5 Å². The third-order valence-corrected chi connectivity index (χ3v) is 4.33. The lowest BCUT2D eigenvalue weighted by atomic mass is 10.1. The predicted molar refractivity (Wildman–Crippen MR) is 98.3 cm³/mol. The first-order chi connectivity index (χ1) is 13.9. The Hall–Kier alpha value is -3.95. The van der Waals surface area contributed by atoms with Crippen molar-refractivity contribution in [3.63, 3.8) is 0 Å². The zero-order valence-electron chi connectivity index (χ0n) is 15.5. The van der Waals surface area contributed by atoms with Crippen LogP contribution in [-0.4, -0.2) is 55.0 Å². The van der Waals surface area contributed by atoms with Crippen LogP contribution in [0.4, 0.5) is 5.69 Å². The summed E-state index contributed by atoms with van der Waals surface area (Å²) in [5.41, 5.74) is -0.174. The number of esters is 1. The fourth-order valence-corrected chi connectivity index (χ4v) is 2.94. The van der Waals surface area contributed by atoms with Crippen LogP contribution in [-0.2, 0) is 4.74 Å². The maximum atomic E-state index is 12.4. The van der Waals surface area contributed by atoms with Crippen LogP contribution >= 0.6 is 0 Å². The van der Waals surface area contributed by atoms with Crippen LogP contribution in [0.1, 0.15) is 31.1 Å². The first kappa shape index (κ1) is 19.8. The van der Waals surface area contributed by atoms with Gasteiger partial charge in [-0.1, -0.05) is 12.1 Å². The van der Waals surface area contributed by atoms with Gasteiger partial charge in [-0.3, -0.25) is 24.6 Å². The maximum Gasteiger partial charge on any atom is 0.345 e. The number of methoxy groups -OCH3 is 2. The van der Waals surface area contributed by atoms with Gasteiger partial charge in [0.1, 0.15) is 12.2 Å². The Labute approximate surface area is 164 Å². The molecular weight excluding hydrogens is 384 g/mol. The van der Waals surface area contributed by atoms with Crippen LogP contribution in [0.25, 0.3) is 0 Å². The Morgan fingerprint density at radius 1 is 1.07 bits per heavy atom. The number of hydrogen-bond donors (Lipinski definition) is 0. The number of ether oxygens (including phenoxy) is 3. The van der Waals surface area contributed by atoms with Crippen molar-refractivity contribution in [3.05, 3.63) is 63.2 Å². The molecule has 2 amide bonds. The summed E-state index contributed by atoms with van der Waals surface area (Å²) in [5, 5.41) is 11.2. The second-order valence-electron chi connectivity index (χ2n) is 5.92. The number of carbonyl (C=O) groups is 3. The summed E-state index contributed by atoms with van der Waals surface area (Å²) >= 11 is 0. The van der Waals surface area contributed by atoms with Crippen molar-refractivity contribution in [3.8, 4) is 11.5 Å². The molecule has 150 valence electrons. The number of nitrogens with zero attached hydrogens (tertiary/aromatic N) is 2. The predicted octanol–water partition coefficient (Wildman–Crippen LogP) is 2.07. The first-order valence-corrected chi connectivity index (χ1v) is 8.41. The zero-order valence-corrected chi connectivity index (χ0v) is 15.5. The standard InChI is InChI=1S/C19H16N2O8/c1-27-15-10-14(21(25)26)13(19(24)28-2)9-16(15)29-8-7-20-17(22)11-5-3-4-6-12(11)18(20)23/h3-6,9-10H,7-8H2,1-2H3. The highest BCUT2D eigenvalue weighted by Gasteiger charge is 2.35. The normalized spacial score (nSPS) is 12.6. The van der Waals surface area contributed by atoms with Crippen LogP contribution in [0.5, 0.6) is 11.5 Å². The largest absolute Gasteiger partial charge is 0.493 e. The lowest BCUT2D eigenvalue weighted by Crippen LogP contribution is -2.33. The van der Waals surface area contributed by atoms with E-state index in [4.69, 9.17) is 9.47 Å². The third kappa shape index (κ3) is 3.59. The number of amides is 2. The molecule has 0 unspecified atom stereocenters. The highest BCUT2D eigenvalue weighted by Crippen LogP contribution is 2.35. The van der Waals surface area contributed by atoms with E-state index in [1.807, 2.05) is 0 Å². The molecule has 1 aliphatic rings. The smallest absolute Gasteiger partial charge is 0.345 e. The number of hydrogen-bond acceptors (Lipinski definition) is 8. The van der Waals surface area contributed by atoms with Gasteiger partial charge in [0.15, 0.2) is 11.5 Å². The minimum Gasteiger partial charge on any atom is -0.493 e. The van der Waals surface area contributed by atoms with E-state index in [0.29, 0.717) is 11.1 Å². The van der Waals surface area contributed by atoms with Gasteiger partial charge in [0.25, 0.3) is 17.5 Å². The first-order valence-electron chi connectivity index (χ1n) is 8.41. The maximum absolute atomic E-state index is 12.4. The van der Waals surface area contributed by atoms with Gasteiger partial charge in [-0.15, -0.1) is 0 Å². The average molecular weight is 400 g/mol. The summed E-state index contributed by atoms with van der Waals surface area (Å²) in [5.74, 6) is -1.72. The Bertz CT molecular complexity index is 982. The van der Waals surface area contributed by atoms with Crippen molar-refractivity contribution in [2.75, 3.05) is 27.4 Å². The number of carbonyl (C=O) groups excluding carboxylic acids is 3. The van der Waals surface area contributed by atoms with E-state index in [0.717, 1.165) is 24.1 Å². The van der Waals surface area contributed by atoms with Gasteiger partial charge in [0, 0.05) is 6.07 Å². The molecule has 0 bridgehead atoms. The Morgan fingerprint density at radius 3 is 2.21 bits per heavy atom. The van der Waals surface area contributed by atoms with Crippen LogP contribution < -0.4 is 9.47 Å². The van der Waals surface area contributed by atoms with Crippen molar-refractivity contribution in [1.29, 1.82) is 0 Å². The molecule has 3 rings (SSSR count). The third-order valence-electron chi connectivity index (χ3n) is 4.33. The highest BCUT2D eigenvalue weighted by atomic mass is 16.6. The Balaban J connectivity index is 1.79. The summed E-state index contributed by atoms with van der Waals surface area (Å²) in [6.45, 7) is -0.166. The molecule has 0 radical (unpaired) electrons. The second-order valence-corrected chi connectivity index (χ2v) is 5.92. The van der Waals surface area contributed by atoms with Crippen LogP contribution in [0.3, 0.4) is 0 Å². The number of fused-ring (bicyclic) bond motifs is 1. The molecule has 0 N–H and O–H groups in total. The van der Waals surface area contributed by atoms with E-state index < -0.39 is 28.4 Å². The van der Waals surface area contributed by atoms with Crippen molar-refractivity contribution < 1.29 is 33.5 Å². The van der Waals surface area contributed by atoms with Gasteiger partial charge in [-0.05, 0) is 12.1 Å². The molecule has 1 heterocycles. The van der Waals surface area contributed by atoms with Crippen molar-refractivity contribution in [1.82, 2.24) is 4.90 Å². The summed E-state index contributed by atoms with van der Waals surface area (Å²) in [6, 6.07) is 8.64. The quantitative estimate of drug-likeness (QED) is 0.299. The van der Waals surface area contributed by atoms with Crippen molar-refractivity contribution in [2.45, 2.75) is 0 Å². The lowest BCUT2D eigenvalue weighted by molar-refractivity contribution is -0.385. The fraction of sp³-hybridized carbons (Fsp3) is 0.211. The van der Waals surface area contributed by atoms with E-state index in [9.17, 15) is 24.5 Å². The summed E-state index contributed by atoms with van der Waals surface area (Å²) in [7, 11) is 2.38. The van der Waals surface area contributed by atoms with Gasteiger partial charge >= 0.3 is 5.97 Å². The van der Waals surface area contributed by atoms with Crippen molar-refractivity contribution in [2.24, 2.45) is 0 Å². The molecule has 0 fully saturated rings. The summed E-state index contributed by atoms with van der Waals surface area (Å²) in [4.78, 5) is 48.1. The topological polar surface area (TPSA) is 125 Å². The molecule has 0 spiro atoms. The molecule has 2 aromatic carbocycles. The number of nitro groups is 1. The van der Waals surface area contributed by atoms with E-state index in [2.05, 4.69) is 4.74 Å². The van der Waals surface area contributed by atoms with Gasteiger partial charge in [-0.25, -0.2) is 4.79 Å². The molecule has 10 heteroatoms. The van der Waals surface area contributed by atoms with Gasteiger partial charge in [0.2, 0.25) is 0 Å². The molecule has 1 aliphatic heterocycles. The van der Waals surface area contributed by atoms with Crippen LogP contribution in [0.2, 0.25) is 0 Å². The van der Waals surface area contributed by atoms with E-state index in [1.54, 1.807) is 24.3 Å². The van der Waals surface area contributed by atoms with Crippen LogP contribution in [0.15, 0.2) is 36.4 Å². The van der Waals surface area contributed by atoms with Gasteiger partial charge in [-0.2, -0.15) is 0 Å². The van der Waals surface area contributed by atoms with E-state index in [-0.39, 0.29) is 30.2 Å². The number of nitro benzene ring substituents is 1. The minimum absolute atomic E-state index is 0.0201. The molecule has 0 aliphatic carbocycles. The fourth-order valence-electron chi connectivity index (χ4n) is 2.94. The number of rotatable bonds is 7. The molecule has 10 nitrogen and oxygen atoms in total. The second kappa shape index (κ2) is 7.97. The molecular formula is C19H16N2O8.